The summed E-state index contributed by atoms with van der Waals surface area (Å²) >= 11 is 1.94. The second kappa shape index (κ2) is 2.26. The molecule has 1 nitrogen and oxygen atoms in total. The predicted molar refractivity (Wildman–Crippen MR) is 34.2 cm³/mol. The Labute approximate surface area is 48.4 Å². The summed E-state index contributed by atoms with van der Waals surface area (Å²) in [6.45, 7) is 0. The fourth-order valence-electron chi connectivity index (χ4n) is 0.531. The van der Waals surface area contributed by atoms with Crippen molar-refractivity contribution in [3.63, 3.8) is 0 Å². The smallest absolute Gasteiger partial charge is 0.0633 e. The molecule has 0 saturated carbocycles. The van der Waals surface area contributed by atoms with Crippen LogP contribution in [0.25, 0.3) is 0 Å². The van der Waals surface area contributed by atoms with Crippen molar-refractivity contribution in [2.75, 3.05) is 18.7 Å². The molecule has 0 saturated heterocycles. The number of hydrogen-bond acceptors (Lipinski definition) is 2. The van der Waals surface area contributed by atoms with E-state index in [-0.39, 0.29) is 0 Å². The van der Waals surface area contributed by atoms with Crippen LogP contribution in [0.2, 0.25) is 0 Å². The van der Waals surface area contributed by atoms with Crippen LogP contribution in [-0.2, 0) is 0 Å². The van der Waals surface area contributed by atoms with Gasteiger partial charge in [0, 0.05) is 12.8 Å². The van der Waals surface area contributed by atoms with Gasteiger partial charge in [-0.3, -0.25) is 0 Å². The van der Waals surface area contributed by atoms with Crippen molar-refractivity contribution in [3.05, 3.63) is 12.3 Å². The Morgan fingerprint density at radius 1 is 1.71 bits per heavy atom. The Hall–Kier alpha value is -0.110. The molecule has 0 unspecified atom stereocenters. The molecule has 1 aliphatic rings. The highest BCUT2D eigenvalue weighted by Gasteiger charge is 1.93. The Morgan fingerprint density at radius 2 is 2.57 bits per heavy atom. The summed E-state index contributed by atoms with van der Waals surface area (Å²) in [4.78, 5) is 2.17. The first kappa shape index (κ1) is 5.04. The summed E-state index contributed by atoms with van der Waals surface area (Å²) in [6, 6.07) is 0. The molecule has 0 aromatic rings. The average molecular weight is 115 g/mol. The highest BCUT2D eigenvalue weighted by Crippen LogP contribution is 2.07. The van der Waals surface area contributed by atoms with Crippen molar-refractivity contribution in [3.8, 4) is 0 Å². The summed E-state index contributed by atoms with van der Waals surface area (Å²) in [5, 5.41) is 0. The quantitative estimate of drug-likeness (QED) is 0.465. The standard InChI is InChI=1S/C5H9NS/c1-6-3-2-4-7-5-6/h2-3H,4-5H2,1H3. The molecule has 0 N–H and O–H groups in total. The van der Waals surface area contributed by atoms with Crippen LogP contribution in [0.3, 0.4) is 0 Å². The minimum absolute atomic E-state index is 1.15. The summed E-state index contributed by atoms with van der Waals surface area (Å²) in [5.74, 6) is 2.33. The van der Waals surface area contributed by atoms with Gasteiger partial charge in [-0.2, -0.15) is 0 Å². The molecule has 0 aromatic heterocycles. The van der Waals surface area contributed by atoms with E-state index in [2.05, 4.69) is 24.2 Å². The van der Waals surface area contributed by atoms with Gasteiger partial charge in [0.2, 0.25) is 0 Å². The lowest BCUT2D eigenvalue weighted by Gasteiger charge is -2.15. The van der Waals surface area contributed by atoms with Crippen molar-refractivity contribution in [1.29, 1.82) is 0 Å². The van der Waals surface area contributed by atoms with Crippen LogP contribution in [0.1, 0.15) is 0 Å². The zero-order valence-corrected chi connectivity index (χ0v) is 5.24. The van der Waals surface area contributed by atoms with E-state index < -0.39 is 0 Å². The van der Waals surface area contributed by atoms with Crippen molar-refractivity contribution >= 4 is 11.8 Å². The molecule has 0 radical (unpaired) electrons. The topological polar surface area (TPSA) is 3.24 Å². The number of nitrogens with zero attached hydrogens (tertiary/aromatic N) is 1. The maximum absolute atomic E-state index is 2.17. The molecule has 0 aromatic carbocycles. The molecule has 1 aliphatic heterocycles. The summed E-state index contributed by atoms with van der Waals surface area (Å²) in [7, 11) is 2.09. The number of rotatable bonds is 0. The van der Waals surface area contributed by atoms with Crippen LogP contribution >= 0.6 is 11.8 Å². The Bertz CT molecular complexity index is 80.1. The lowest BCUT2D eigenvalue weighted by Crippen LogP contribution is -2.12. The molecule has 0 spiro atoms. The maximum Gasteiger partial charge on any atom is 0.0633 e. The van der Waals surface area contributed by atoms with Crippen molar-refractivity contribution in [2.45, 2.75) is 0 Å². The molecular formula is C5H9NS. The second-order valence-electron chi connectivity index (χ2n) is 1.64. The highest BCUT2D eigenvalue weighted by atomic mass is 32.2. The van der Waals surface area contributed by atoms with Gasteiger partial charge in [0.1, 0.15) is 0 Å². The van der Waals surface area contributed by atoms with Crippen LogP contribution in [0.4, 0.5) is 0 Å². The highest BCUT2D eigenvalue weighted by molar-refractivity contribution is 7.99. The van der Waals surface area contributed by atoms with E-state index in [0.29, 0.717) is 0 Å². The molecule has 0 fully saturated rings. The molecule has 0 atom stereocenters. The lowest BCUT2D eigenvalue weighted by molar-refractivity contribution is 0.537. The van der Waals surface area contributed by atoms with Gasteiger partial charge >= 0.3 is 0 Å². The minimum Gasteiger partial charge on any atom is -0.372 e. The molecule has 1 heterocycles. The normalized spacial score (nSPS) is 20.4. The average Bonchev–Trinajstić information content (AvgIpc) is 1.69. The largest absolute Gasteiger partial charge is 0.372 e. The van der Waals surface area contributed by atoms with Gasteiger partial charge in [-0.1, -0.05) is 6.08 Å². The van der Waals surface area contributed by atoms with Crippen LogP contribution in [0, 0.1) is 0 Å². The number of thioether (sulfide) groups is 1. The van der Waals surface area contributed by atoms with E-state index in [1.807, 2.05) is 11.8 Å². The molecule has 2 heteroatoms. The molecule has 0 bridgehead atoms. The summed E-state index contributed by atoms with van der Waals surface area (Å²) in [6.07, 6.45) is 4.30. The van der Waals surface area contributed by atoms with E-state index in [4.69, 9.17) is 0 Å². The van der Waals surface area contributed by atoms with Crippen LogP contribution in [-0.4, -0.2) is 23.6 Å². The molecule has 7 heavy (non-hydrogen) atoms. The zero-order valence-electron chi connectivity index (χ0n) is 4.42. The number of hydrogen-bond donors (Lipinski definition) is 0. The van der Waals surface area contributed by atoms with Crippen LogP contribution < -0.4 is 0 Å². The SMILES string of the molecule is CN1C=CCSC1. The first-order chi connectivity index (χ1) is 3.39. The predicted octanol–water partition coefficient (Wildman–Crippen LogP) is 1.14. The van der Waals surface area contributed by atoms with Gasteiger partial charge in [-0.25, -0.2) is 0 Å². The van der Waals surface area contributed by atoms with Gasteiger partial charge in [0.05, 0.1) is 5.88 Å². The first-order valence-electron chi connectivity index (χ1n) is 2.34. The second-order valence-corrected chi connectivity index (χ2v) is 2.64. The summed E-state index contributed by atoms with van der Waals surface area (Å²) in [5.41, 5.74) is 0. The van der Waals surface area contributed by atoms with Crippen LogP contribution in [0.5, 0.6) is 0 Å². The third-order valence-electron chi connectivity index (χ3n) is 0.869. The van der Waals surface area contributed by atoms with Crippen molar-refractivity contribution < 1.29 is 0 Å². The Balaban J connectivity index is 2.36. The molecule has 1 rings (SSSR count). The van der Waals surface area contributed by atoms with E-state index in [1.165, 1.54) is 5.75 Å². The Morgan fingerprint density at radius 3 is 2.86 bits per heavy atom. The molecular weight excluding hydrogens is 106 g/mol. The monoisotopic (exact) mass is 115 g/mol. The van der Waals surface area contributed by atoms with Crippen LogP contribution in [0.15, 0.2) is 12.3 Å². The van der Waals surface area contributed by atoms with Crippen molar-refractivity contribution in [2.24, 2.45) is 0 Å². The van der Waals surface area contributed by atoms with E-state index >= 15 is 0 Å². The van der Waals surface area contributed by atoms with E-state index in [0.717, 1.165) is 5.88 Å². The Kier molecular flexibility index (Phi) is 1.63. The van der Waals surface area contributed by atoms with Gasteiger partial charge in [0.15, 0.2) is 0 Å². The summed E-state index contributed by atoms with van der Waals surface area (Å²) < 4.78 is 0. The molecule has 0 aliphatic carbocycles. The van der Waals surface area contributed by atoms with Crippen molar-refractivity contribution in [1.82, 2.24) is 4.90 Å². The third kappa shape index (κ3) is 1.43. The maximum atomic E-state index is 2.17. The van der Waals surface area contributed by atoms with Gasteiger partial charge in [-0.15, -0.1) is 11.8 Å². The van der Waals surface area contributed by atoms with Gasteiger partial charge in [-0.05, 0) is 6.20 Å². The minimum atomic E-state index is 1.15. The first-order valence-corrected chi connectivity index (χ1v) is 3.50. The van der Waals surface area contributed by atoms with E-state index in [9.17, 15) is 0 Å². The van der Waals surface area contributed by atoms with Gasteiger partial charge < -0.3 is 4.90 Å². The molecule has 40 valence electrons. The fourth-order valence-corrected chi connectivity index (χ4v) is 1.23. The lowest BCUT2D eigenvalue weighted by atomic mass is 10.6. The van der Waals surface area contributed by atoms with E-state index in [1.54, 1.807) is 0 Å². The zero-order chi connectivity index (χ0) is 5.11. The molecule has 0 amide bonds. The van der Waals surface area contributed by atoms with Gasteiger partial charge in [0.25, 0.3) is 0 Å². The third-order valence-corrected chi connectivity index (χ3v) is 1.89. The fraction of sp³-hybridized carbons (Fsp3) is 0.600.